The van der Waals surface area contributed by atoms with Gasteiger partial charge in [0.05, 0.1) is 0 Å². The molecule has 0 aliphatic carbocycles. The van der Waals surface area contributed by atoms with Gasteiger partial charge in [-0.05, 0) is 6.26 Å². The molecule has 1 nitrogen and oxygen atoms in total. The Morgan fingerprint density at radius 3 is 0.750 bits per heavy atom. The van der Waals surface area contributed by atoms with Crippen LogP contribution in [0.25, 0.3) is 0 Å². The van der Waals surface area contributed by atoms with E-state index in [0.717, 1.165) is 7.11 Å². The van der Waals surface area contributed by atoms with Crippen LogP contribution in [-0.4, -0.2) is 18.5 Å². The second kappa shape index (κ2) is 3030. The molecule has 0 spiro atoms. The quantitative estimate of drug-likeness (QED) is 0.494. The molecule has 0 heterocycles. The summed E-state index contributed by atoms with van der Waals surface area (Å²) in [5.41, 5.74) is 0. The van der Waals surface area contributed by atoms with Gasteiger partial charge >= 0.3 is 0 Å². The maximum Gasteiger partial charge on any atom is 0.0319 e. The Bertz CT molecular complexity index is 8.49. The van der Waals surface area contributed by atoms with Crippen molar-refractivity contribution in [2.75, 3.05) is 13.4 Å². The first-order valence-corrected chi connectivity index (χ1v) is 3.79. The highest BCUT2D eigenvalue weighted by molar-refractivity contribution is 7.79. The monoisotopic (exact) mass is 140 g/mol. The van der Waals surface area contributed by atoms with Crippen molar-refractivity contribution in [3.8, 4) is 0 Å². The Balaban J connectivity index is -0.0000000133. The Hall–Kier alpha value is 0.310. The highest BCUT2D eigenvalue weighted by Gasteiger charge is 0.934. The van der Waals surface area contributed by atoms with Crippen LogP contribution in [0, 0.1) is 0 Å². The lowest BCUT2D eigenvalue weighted by molar-refractivity contribution is 0.399. The summed E-state index contributed by atoms with van der Waals surface area (Å²) in [6, 6.07) is 0. The molecular formula is C6H20OS. The first kappa shape index (κ1) is 23.9. The minimum atomic E-state index is 1.00. The molecule has 0 radical (unpaired) electrons. The highest BCUT2D eigenvalue weighted by Crippen LogP contribution is 1.31. The summed E-state index contributed by atoms with van der Waals surface area (Å²) in [7, 11) is 1.00. The predicted molar refractivity (Wildman–Crippen MR) is 45.7 cm³/mol. The number of aliphatic hydroxyl groups is 1. The highest BCUT2D eigenvalue weighted by atomic mass is 32.1. The van der Waals surface area contributed by atoms with Gasteiger partial charge < -0.3 is 5.11 Å². The first-order chi connectivity index (χ1) is 4.00. The average molecular weight is 140 g/mol. The Kier molecular flexibility index (Phi) is 9050. The Morgan fingerprint density at radius 1 is 0.750 bits per heavy atom. The minimum Gasteiger partial charge on any atom is -0.400 e. The fourth-order valence-electron chi connectivity index (χ4n) is 0. The SMILES string of the molecule is CC.CC.CO.CS. The van der Waals surface area contributed by atoms with E-state index in [0.29, 0.717) is 0 Å². The largest absolute Gasteiger partial charge is 0.400 e. The second-order valence-corrected chi connectivity index (χ2v) is 0. The third-order valence-electron chi connectivity index (χ3n) is 0. The summed E-state index contributed by atoms with van der Waals surface area (Å²) in [4.78, 5) is 0. The van der Waals surface area contributed by atoms with Crippen LogP contribution >= 0.6 is 12.6 Å². The molecule has 0 unspecified atom stereocenters. The van der Waals surface area contributed by atoms with Gasteiger partial charge in [-0.3, -0.25) is 0 Å². The lowest BCUT2D eigenvalue weighted by atomic mass is 11.0. The molecule has 56 valence electrons. The number of aliphatic hydroxyl groups excluding tert-OH is 1. The van der Waals surface area contributed by atoms with Gasteiger partial charge in [0, 0.05) is 7.11 Å². The summed E-state index contributed by atoms with van der Waals surface area (Å²) in [5.74, 6) is 0. The van der Waals surface area contributed by atoms with Crippen LogP contribution < -0.4 is 0 Å². The third-order valence-corrected chi connectivity index (χ3v) is 0. The van der Waals surface area contributed by atoms with Crippen molar-refractivity contribution in [3.63, 3.8) is 0 Å². The minimum absolute atomic E-state index is 1.00. The molecule has 8 heavy (non-hydrogen) atoms. The fraction of sp³-hybridized carbons (Fsp3) is 1.00. The molecule has 0 atom stereocenters. The van der Waals surface area contributed by atoms with E-state index >= 15 is 0 Å². The van der Waals surface area contributed by atoms with Crippen LogP contribution in [-0.2, 0) is 0 Å². The van der Waals surface area contributed by atoms with Gasteiger partial charge in [0.25, 0.3) is 0 Å². The van der Waals surface area contributed by atoms with Crippen LogP contribution in [0.15, 0.2) is 0 Å². The van der Waals surface area contributed by atoms with Gasteiger partial charge in [-0.25, -0.2) is 0 Å². The number of hydrogen-bond acceptors (Lipinski definition) is 2. The Morgan fingerprint density at radius 2 is 0.750 bits per heavy atom. The first-order valence-electron chi connectivity index (χ1n) is 2.89. The molecular weight excluding hydrogens is 120 g/mol. The van der Waals surface area contributed by atoms with Crippen LogP contribution in [0.4, 0.5) is 0 Å². The summed E-state index contributed by atoms with van der Waals surface area (Å²) >= 11 is 3.53. The molecule has 0 bridgehead atoms. The van der Waals surface area contributed by atoms with Crippen molar-refractivity contribution in [1.29, 1.82) is 0 Å². The van der Waals surface area contributed by atoms with E-state index in [9.17, 15) is 0 Å². The van der Waals surface area contributed by atoms with E-state index in [1.807, 2.05) is 27.7 Å². The molecule has 0 aliphatic heterocycles. The fourth-order valence-corrected chi connectivity index (χ4v) is 0. The van der Waals surface area contributed by atoms with Gasteiger partial charge in [-0.15, -0.1) is 0 Å². The normalized spacial score (nSPS) is 3.00. The van der Waals surface area contributed by atoms with Gasteiger partial charge in [0.2, 0.25) is 0 Å². The molecule has 0 aromatic rings. The smallest absolute Gasteiger partial charge is 0.0319 e. The van der Waals surface area contributed by atoms with E-state index in [-0.39, 0.29) is 0 Å². The van der Waals surface area contributed by atoms with Gasteiger partial charge in [0.1, 0.15) is 0 Å². The van der Waals surface area contributed by atoms with Gasteiger partial charge in [-0.2, -0.15) is 12.6 Å². The van der Waals surface area contributed by atoms with E-state index in [1.165, 1.54) is 0 Å². The summed E-state index contributed by atoms with van der Waals surface area (Å²) in [6.07, 6.45) is 1.69. The number of rotatable bonds is 0. The molecule has 0 aromatic heterocycles. The lowest BCUT2D eigenvalue weighted by Crippen LogP contribution is -1.25. The zero-order valence-electron chi connectivity index (χ0n) is 6.89. The topological polar surface area (TPSA) is 20.2 Å². The second-order valence-electron chi connectivity index (χ2n) is 0. The van der Waals surface area contributed by atoms with E-state index < -0.39 is 0 Å². The molecule has 0 saturated carbocycles. The van der Waals surface area contributed by atoms with E-state index in [1.54, 1.807) is 6.26 Å². The molecule has 1 N–H and O–H groups in total. The molecule has 0 saturated heterocycles. The standard InChI is InChI=1S/2C2H6.CH4O.CH4S/c4*1-2/h2*1-2H3;2*2H,1H3. The molecule has 0 amide bonds. The van der Waals surface area contributed by atoms with E-state index in [2.05, 4.69) is 12.6 Å². The average Bonchev–Trinajstić information content (AvgIpc) is 2.03. The van der Waals surface area contributed by atoms with Crippen LogP contribution in [0.2, 0.25) is 0 Å². The maximum atomic E-state index is 7.00. The predicted octanol–water partition coefficient (Wildman–Crippen LogP) is 2.21. The van der Waals surface area contributed by atoms with Gasteiger partial charge in [-0.1, -0.05) is 27.7 Å². The van der Waals surface area contributed by atoms with Crippen molar-refractivity contribution < 1.29 is 5.11 Å². The van der Waals surface area contributed by atoms with Crippen LogP contribution in [0.3, 0.4) is 0 Å². The Labute approximate surface area is 59.5 Å². The summed E-state index contributed by atoms with van der Waals surface area (Å²) in [6.45, 7) is 8.00. The molecule has 0 aliphatic rings. The van der Waals surface area contributed by atoms with Crippen LogP contribution in [0.5, 0.6) is 0 Å². The van der Waals surface area contributed by atoms with Crippen molar-refractivity contribution >= 4 is 12.6 Å². The molecule has 2 heteroatoms. The van der Waals surface area contributed by atoms with Crippen molar-refractivity contribution in [2.45, 2.75) is 27.7 Å². The third kappa shape index (κ3) is 1850. The maximum absolute atomic E-state index is 7.00. The van der Waals surface area contributed by atoms with Crippen LogP contribution in [0.1, 0.15) is 27.7 Å². The van der Waals surface area contributed by atoms with Crippen molar-refractivity contribution in [1.82, 2.24) is 0 Å². The molecule has 0 aromatic carbocycles. The summed E-state index contributed by atoms with van der Waals surface area (Å²) in [5, 5.41) is 7.00. The van der Waals surface area contributed by atoms with Gasteiger partial charge in [0.15, 0.2) is 0 Å². The number of hydrogen-bond donors (Lipinski definition) is 2. The molecule has 0 fully saturated rings. The molecule has 0 rings (SSSR count). The lowest BCUT2D eigenvalue weighted by Gasteiger charge is -1.21. The zero-order chi connectivity index (χ0) is 8.00. The number of thiol groups is 1. The summed E-state index contributed by atoms with van der Waals surface area (Å²) < 4.78 is 0. The van der Waals surface area contributed by atoms with Crippen molar-refractivity contribution in [3.05, 3.63) is 0 Å². The van der Waals surface area contributed by atoms with Crippen molar-refractivity contribution in [2.24, 2.45) is 0 Å². The zero-order valence-corrected chi connectivity index (χ0v) is 7.79. The van der Waals surface area contributed by atoms with E-state index in [4.69, 9.17) is 5.11 Å².